The Morgan fingerprint density at radius 2 is 1.50 bits per heavy atom. The minimum absolute atomic E-state index is 0.260. The fourth-order valence-corrected chi connectivity index (χ4v) is 4.04. The van der Waals surface area contributed by atoms with Gasteiger partial charge in [0.15, 0.2) is 11.5 Å². The highest BCUT2D eigenvalue weighted by Crippen LogP contribution is 2.43. The fourth-order valence-electron chi connectivity index (χ4n) is 3.00. The summed E-state index contributed by atoms with van der Waals surface area (Å²) in [6, 6.07) is 9.72. The van der Waals surface area contributed by atoms with Crippen molar-refractivity contribution < 1.29 is 36.9 Å². The Kier molecular flexibility index (Phi) is 6.83. The van der Waals surface area contributed by atoms with Crippen LogP contribution in [0.2, 0.25) is 0 Å². The molecular weight excluding hydrogens is 447 g/mol. The zero-order chi connectivity index (χ0) is 23.5. The highest BCUT2D eigenvalue weighted by molar-refractivity contribution is 7.18. The van der Waals surface area contributed by atoms with Crippen LogP contribution >= 0.6 is 11.3 Å². The molecule has 0 bridgehead atoms. The monoisotopic (exact) mass is 467 g/mol. The molecule has 0 atom stereocenters. The molecule has 10 heteroatoms. The van der Waals surface area contributed by atoms with Crippen LogP contribution in [-0.4, -0.2) is 34.4 Å². The normalized spacial score (nSPS) is 11.1. The van der Waals surface area contributed by atoms with Crippen LogP contribution in [0.3, 0.4) is 0 Å². The Labute approximate surface area is 186 Å². The van der Waals surface area contributed by atoms with Crippen LogP contribution in [-0.2, 0) is 10.9 Å². The number of alkyl halides is 3. The van der Waals surface area contributed by atoms with E-state index in [-0.39, 0.29) is 4.88 Å². The van der Waals surface area contributed by atoms with Gasteiger partial charge in [-0.25, -0.2) is 4.79 Å². The minimum atomic E-state index is -4.43. The number of hydrogen-bond donors (Lipinski definition) is 1. The molecule has 0 amide bonds. The van der Waals surface area contributed by atoms with Crippen LogP contribution in [0.15, 0.2) is 42.5 Å². The van der Waals surface area contributed by atoms with Gasteiger partial charge >= 0.3 is 12.1 Å². The Bertz CT molecular complexity index is 1080. The predicted molar refractivity (Wildman–Crippen MR) is 115 cm³/mol. The molecule has 0 saturated carbocycles. The van der Waals surface area contributed by atoms with Crippen molar-refractivity contribution in [3.63, 3.8) is 0 Å². The average molecular weight is 467 g/mol. The van der Waals surface area contributed by atoms with Gasteiger partial charge in [-0.1, -0.05) is 12.1 Å². The maximum atomic E-state index is 12.9. The lowest BCUT2D eigenvalue weighted by Crippen LogP contribution is -2.03. The van der Waals surface area contributed by atoms with E-state index >= 15 is 0 Å². The number of ether oxygens (including phenoxy) is 4. The molecule has 1 aromatic heterocycles. The number of esters is 1. The molecular formula is C22H20F3NO5S. The van der Waals surface area contributed by atoms with E-state index in [2.05, 4.69) is 5.32 Å². The molecule has 0 aliphatic heterocycles. The van der Waals surface area contributed by atoms with Crippen LogP contribution in [0, 0.1) is 0 Å². The molecule has 0 aliphatic rings. The summed E-state index contributed by atoms with van der Waals surface area (Å²) in [7, 11) is 5.70. The summed E-state index contributed by atoms with van der Waals surface area (Å²) in [5.74, 6) is 0.645. The Morgan fingerprint density at radius 1 is 0.906 bits per heavy atom. The topological polar surface area (TPSA) is 66.0 Å². The van der Waals surface area contributed by atoms with Gasteiger partial charge in [-0.3, -0.25) is 0 Å². The molecule has 0 fully saturated rings. The van der Waals surface area contributed by atoms with E-state index in [0.29, 0.717) is 39.1 Å². The van der Waals surface area contributed by atoms with E-state index in [0.717, 1.165) is 23.5 Å². The zero-order valence-electron chi connectivity index (χ0n) is 17.6. The van der Waals surface area contributed by atoms with Crippen molar-refractivity contribution in [3.05, 3.63) is 52.9 Å². The summed E-state index contributed by atoms with van der Waals surface area (Å²) >= 11 is 1.10. The molecule has 170 valence electrons. The quantitative estimate of drug-likeness (QED) is 0.431. The maximum Gasteiger partial charge on any atom is 0.416 e. The summed E-state index contributed by atoms with van der Waals surface area (Å²) in [6.07, 6.45) is -4.43. The number of carbonyl (C=O) groups is 1. The van der Waals surface area contributed by atoms with Gasteiger partial charge < -0.3 is 24.3 Å². The van der Waals surface area contributed by atoms with Gasteiger partial charge in [-0.15, -0.1) is 11.3 Å². The van der Waals surface area contributed by atoms with Gasteiger partial charge in [-0.05, 0) is 23.8 Å². The molecule has 0 aliphatic carbocycles. The molecule has 3 aromatic rings. The summed E-state index contributed by atoms with van der Waals surface area (Å²) in [5.41, 5.74) is 0.750. The van der Waals surface area contributed by atoms with Crippen molar-refractivity contribution in [2.24, 2.45) is 0 Å². The number of thiophene rings is 1. The SMILES string of the molecule is COC(=O)c1sc(-c2ccc(C(F)(F)F)cc2)cc1Nc1cc(OC)c(OC)c(OC)c1. The second-order valence-corrected chi connectivity index (χ2v) is 7.51. The number of halogens is 3. The van der Waals surface area contributed by atoms with E-state index in [1.807, 2.05) is 0 Å². The summed E-state index contributed by atoms with van der Waals surface area (Å²) < 4.78 is 59.5. The lowest BCUT2D eigenvalue weighted by atomic mass is 10.1. The van der Waals surface area contributed by atoms with Crippen molar-refractivity contribution in [3.8, 4) is 27.7 Å². The third kappa shape index (κ3) is 4.75. The first kappa shape index (κ1) is 23.3. The standard InChI is InChI=1S/C22H20F3NO5S/c1-28-16-9-14(10-17(29-2)19(16)30-3)26-15-11-18(32-20(15)21(27)31-4)12-5-7-13(8-6-12)22(23,24)25/h5-11,26H,1-4H3. The third-order valence-electron chi connectivity index (χ3n) is 4.54. The molecule has 0 saturated heterocycles. The van der Waals surface area contributed by atoms with E-state index in [1.165, 1.54) is 40.6 Å². The maximum absolute atomic E-state index is 12.9. The molecule has 32 heavy (non-hydrogen) atoms. The van der Waals surface area contributed by atoms with Gasteiger partial charge in [0, 0.05) is 22.7 Å². The van der Waals surface area contributed by atoms with Gasteiger partial charge in [0.1, 0.15) is 4.88 Å². The zero-order valence-corrected chi connectivity index (χ0v) is 18.4. The Balaban J connectivity index is 2.02. The molecule has 0 spiro atoms. The summed E-state index contributed by atoms with van der Waals surface area (Å²) in [4.78, 5) is 13.2. The Morgan fingerprint density at radius 3 is 1.97 bits per heavy atom. The second kappa shape index (κ2) is 9.39. The van der Waals surface area contributed by atoms with Crippen LogP contribution in [0.5, 0.6) is 17.2 Å². The van der Waals surface area contributed by atoms with Crippen LogP contribution in [0.25, 0.3) is 10.4 Å². The number of hydrogen-bond acceptors (Lipinski definition) is 7. The minimum Gasteiger partial charge on any atom is -0.493 e. The van der Waals surface area contributed by atoms with Crippen molar-refractivity contribution in [2.75, 3.05) is 33.8 Å². The van der Waals surface area contributed by atoms with E-state index in [1.54, 1.807) is 18.2 Å². The van der Waals surface area contributed by atoms with Gasteiger partial charge in [-0.2, -0.15) is 13.2 Å². The molecule has 0 unspecified atom stereocenters. The largest absolute Gasteiger partial charge is 0.493 e. The van der Waals surface area contributed by atoms with E-state index in [4.69, 9.17) is 18.9 Å². The number of benzene rings is 2. The lowest BCUT2D eigenvalue weighted by Gasteiger charge is -2.15. The van der Waals surface area contributed by atoms with Gasteiger partial charge in [0.05, 0.1) is 39.7 Å². The smallest absolute Gasteiger partial charge is 0.416 e. The van der Waals surface area contributed by atoms with Crippen LogP contribution < -0.4 is 19.5 Å². The molecule has 1 heterocycles. The number of methoxy groups -OCH3 is 4. The molecule has 3 rings (SSSR count). The van der Waals surface area contributed by atoms with Crippen molar-refractivity contribution in [2.45, 2.75) is 6.18 Å². The average Bonchev–Trinajstić information content (AvgIpc) is 3.20. The first-order valence-electron chi connectivity index (χ1n) is 9.18. The fraction of sp³-hybridized carbons (Fsp3) is 0.227. The number of carbonyl (C=O) groups excluding carboxylic acids is 1. The number of nitrogens with one attached hydrogen (secondary N) is 1. The Hall–Kier alpha value is -3.40. The highest BCUT2D eigenvalue weighted by atomic mass is 32.1. The van der Waals surface area contributed by atoms with E-state index in [9.17, 15) is 18.0 Å². The van der Waals surface area contributed by atoms with Crippen molar-refractivity contribution in [1.82, 2.24) is 0 Å². The van der Waals surface area contributed by atoms with Crippen molar-refractivity contribution in [1.29, 1.82) is 0 Å². The number of anilines is 2. The van der Waals surface area contributed by atoms with Crippen molar-refractivity contribution >= 4 is 28.7 Å². The summed E-state index contributed by atoms with van der Waals surface area (Å²) in [6.45, 7) is 0. The van der Waals surface area contributed by atoms with Gasteiger partial charge in [0.2, 0.25) is 5.75 Å². The first-order chi connectivity index (χ1) is 15.2. The highest BCUT2D eigenvalue weighted by Gasteiger charge is 2.30. The predicted octanol–water partition coefficient (Wildman–Crippen LogP) is 5.99. The van der Waals surface area contributed by atoms with Gasteiger partial charge in [0.25, 0.3) is 0 Å². The van der Waals surface area contributed by atoms with Crippen LogP contribution in [0.4, 0.5) is 24.5 Å². The first-order valence-corrected chi connectivity index (χ1v) is 10.00. The number of rotatable bonds is 7. The molecule has 0 radical (unpaired) electrons. The molecule has 6 nitrogen and oxygen atoms in total. The second-order valence-electron chi connectivity index (χ2n) is 6.46. The summed E-state index contributed by atoms with van der Waals surface area (Å²) in [5, 5.41) is 3.13. The lowest BCUT2D eigenvalue weighted by molar-refractivity contribution is -0.137. The molecule has 2 aromatic carbocycles. The third-order valence-corrected chi connectivity index (χ3v) is 5.71. The van der Waals surface area contributed by atoms with E-state index < -0.39 is 17.7 Å². The van der Waals surface area contributed by atoms with Crippen LogP contribution in [0.1, 0.15) is 15.2 Å². The molecule has 1 N–H and O–H groups in total.